The molecule has 0 bridgehead atoms. The van der Waals surface area contributed by atoms with Crippen molar-refractivity contribution in [2.75, 3.05) is 37.2 Å². The fourth-order valence-electron chi connectivity index (χ4n) is 4.92. The minimum absolute atomic E-state index is 0.0217. The van der Waals surface area contributed by atoms with E-state index in [4.69, 9.17) is 9.47 Å². The molecule has 2 aromatic rings. The maximum atomic E-state index is 13.6. The Morgan fingerprint density at radius 1 is 1.09 bits per heavy atom. The summed E-state index contributed by atoms with van der Waals surface area (Å²) < 4.78 is 34.3. The number of ether oxygens (including phenoxy) is 2. The molecule has 3 aliphatic heterocycles. The van der Waals surface area contributed by atoms with Crippen LogP contribution < -0.4 is 19.7 Å². The lowest BCUT2D eigenvalue weighted by molar-refractivity contribution is -0.122. The van der Waals surface area contributed by atoms with Crippen molar-refractivity contribution in [3.8, 4) is 11.5 Å². The van der Waals surface area contributed by atoms with Crippen molar-refractivity contribution < 1.29 is 32.3 Å². The second-order valence-corrected chi connectivity index (χ2v) is 10.7. The maximum Gasteiger partial charge on any atom is 0.264 e. The molecule has 1 saturated heterocycles. The molecule has 3 amide bonds. The number of para-hydroxylation sites is 1. The first kappa shape index (κ1) is 22.2. The molecule has 2 aromatic carbocycles. The van der Waals surface area contributed by atoms with E-state index in [2.05, 4.69) is 5.32 Å². The fourth-order valence-corrected chi connectivity index (χ4v) is 6.60. The standard InChI is InChI=1S/C23H23N3O7S/c1-32-17-8-7-15-19(20(17)33-2)23(29)26-16-6-4-3-5-14(16)22(28)25(21(15)26)11-18(27)24-13-9-10-34(30,31)12-13/h3-8,13,21H,9-12H2,1-2H3,(H,24,27)/t13-,21-/m1/s1. The number of fused-ring (bicyclic) bond motifs is 5. The summed E-state index contributed by atoms with van der Waals surface area (Å²) in [5.41, 5.74) is 1.52. The van der Waals surface area contributed by atoms with Gasteiger partial charge in [-0.15, -0.1) is 0 Å². The Kier molecular flexibility index (Phi) is 5.23. The molecule has 3 heterocycles. The van der Waals surface area contributed by atoms with E-state index in [1.165, 1.54) is 24.0 Å². The third-order valence-electron chi connectivity index (χ3n) is 6.39. The molecule has 178 valence electrons. The second-order valence-electron chi connectivity index (χ2n) is 8.43. The van der Waals surface area contributed by atoms with Crippen LogP contribution in [-0.4, -0.2) is 69.4 Å². The second kappa shape index (κ2) is 8.01. The molecule has 1 N–H and O–H groups in total. The highest BCUT2D eigenvalue weighted by Gasteiger charge is 2.50. The van der Waals surface area contributed by atoms with Crippen molar-refractivity contribution in [1.29, 1.82) is 0 Å². The van der Waals surface area contributed by atoms with Crippen LogP contribution in [0.25, 0.3) is 0 Å². The van der Waals surface area contributed by atoms with Crippen LogP contribution in [0.2, 0.25) is 0 Å². The van der Waals surface area contributed by atoms with Gasteiger partial charge in [0.15, 0.2) is 21.3 Å². The van der Waals surface area contributed by atoms with E-state index in [1.807, 2.05) is 0 Å². The van der Waals surface area contributed by atoms with E-state index in [-0.39, 0.29) is 35.3 Å². The Bertz CT molecular complexity index is 1320. The lowest BCUT2D eigenvalue weighted by atomic mass is 10.0. The van der Waals surface area contributed by atoms with E-state index in [0.29, 0.717) is 29.0 Å². The molecule has 11 heteroatoms. The highest BCUT2D eigenvalue weighted by atomic mass is 32.2. The normalized spacial score (nSPS) is 22.2. The molecule has 1 fully saturated rings. The summed E-state index contributed by atoms with van der Waals surface area (Å²) >= 11 is 0. The van der Waals surface area contributed by atoms with E-state index in [1.54, 1.807) is 36.4 Å². The van der Waals surface area contributed by atoms with Crippen LogP contribution in [-0.2, 0) is 14.6 Å². The Labute approximate surface area is 196 Å². The molecule has 0 unspecified atom stereocenters. The number of hydrogen-bond donors (Lipinski definition) is 1. The van der Waals surface area contributed by atoms with Crippen LogP contribution in [0.15, 0.2) is 36.4 Å². The first-order chi connectivity index (χ1) is 16.3. The molecule has 0 spiro atoms. The molecule has 0 aliphatic carbocycles. The molecule has 3 aliphatic rings. The van der Waals surface area contributed by atoms with Gasteiger partial charge in [-0.1, -0.05) is 18.2 Å². The van der Waals surface area contributed by atoms with Crippen LogP contribution in [0.3, 0.4) is 0 Å². The monoisotopic (exact) mass is 485 g/mol. The van der Waals surface area contributed by atoms with Crippen LogP contribution in [0.4, 0.5) is 5.69 Å². The summed E-state index contributed by atoms with van der Waals surface area (Å²) in [6, 6.07) is 9.57. The smallest absolute Gasteiger partial charge is 0.264 e. The third-order valence-corrected chi connectivity index (χ3v) is 8.16. The van der Waals surface area contributed by atoms with Gasteiger partial charge >= 0.3 is 0 Å². The Morgan fingerprint density at radius 2 is 1.85 bits per heavy atom. The summed E-state index contributed by atoms with van der Waals surface area (Å²) in [6.45, 7) is -0.341. The van der Waals surface area contributed by atoms with E-state index >= 15 is 0 Å². The molecule has 0 saturated carbocycles. The Balaban J connectivity index is 1.55. The molecule has 2 atom stereocenters. The molecular formula is C23H23N3O7S. The highest BCUT2D eigenvalue weighted by Crippen LogP contribution is 2.49. The lowest BCUT2D eigenvalue weighted by Gasteiger charge is -2.40. The summed E-state index contributed by atoms with van der Waals surface area (Å²) in [5, 5.41) is 2.72. The van der Waals surface area contributed by atoms with Crippen LogP contribution in [0.1, 0.15) is 38.9 Å². The van der Waals surface area contributed by atoms with Crippen LogP contribution in [0.5, 0.6) is 11.5 Å². The number of carbonyl (C=O) groups is 3. The first-order valence-corrected chi connectivity index (χ1v) is 12.6. The number of rotatable bonds is 5. The van der Waals surface area contributed by atoms with E-state index < -0.39 is 33.9 Å². The van der Waals surface area contributed by atoms with Crippen molar-refractivity contribution >= 4 is 33.2 Å². The number of benzene rings is 2. The fraction of sp³-hybridized carbons (Fsp3) is 0.348. The van der Waals surface area contributed by atoms with Crippen molar-refractivity contribution in [2.24, 2.45) is 0 Å². The van der Waals surface area contributed by atoms with E-state index in [0.717, 1.165) is 0 Å². The van der Waals surface area contributed by atoms with Gasteiger partial charge in [-0.3, -0.25) is 19.3 Å². The molecule has 0 radical (unpaired) electrons. The Hall–Kier alpha value is -3.60. The summed E-state index contributed by atoms with van der Waals surface area (Å²) in [7, 11) is -0.273. The van der Waals surface area contributed by atoms with Gasteiger partial charge in [0.2, 0.25) is 5.91 Å². The zero-order valence-electron chi connectivity index (χ0n) is 18.6. The van der Waals surface area contributed by atoms with Gasteiger partial charge in [0.1, 0.15) is 12.7 Å². The van der Waals surface area contributed by atoms with Gasteiger partial charge in [0.05, 0.1) is 42.5 Å². The van der Waals surface area contributed by atoms with Gasteiger partial charge in [0.25, 0.3) is 11.8 Å². The number of amides is 3. The van der Waals surface area contributed by atoms with Crippen molar-refractivity contribution in [1.82, 2.24) is 10.2 Å². The van der Waals surface area contributed by atoms with Gasteiger partial charge in [-0.2, -0.15) is 0 Å². The average molecular weight is 486 g/mol. The molecule has 10 nitrogen and oxygen atoms in total. The Morgan fingerprint density at radius 3 is 2.53 bits per heavy atom. The van der Waals surface area contributed by atoms with Crippen LogP contribution in [0, 0.1) is 0 Å². The number of sulfone groups is 1. The number of hydrogen-bond acceptors (Lipinski definition) is 7. The van der Waals surface area contributed by atoms with Crippen LogP contribution >= 0.6 is 0 Å². The zero-order chi connectivity index (χ0) is 24.2. The average Bonchev–Trinajstić information content (AvgIpc) is 3.31. The highest BCUT2D eigenvalue weighted by molar-refractivity contribution is 7.91. The number of nitrogens with zero attached hydrogens (tertiary/aromatic N) is 2. The quantitative estimate of drug-likeness (QED) is 0.673. The molecule has 34 heavy (non-hydrogen) atoms. The molecule has 0 aromatic heterocycles. The summed E-state index contributed by atoms with van der Waals surface area (Å²) in [4.78, 5) is 42.8. The minimum Gasteiger partial charge on any atom is -0.493 e. The maximum absolute atomic E-state index is 13.6. The minimum atomic E-state index is -3.17. The van der Waals surface area contributed by atoms with Gasteiger partial charge < -0.3 is 19.7 Å². The molecule has 5 rings (SSSR count). The predicted octanol–water partition coefficient (Wildman–Crippen LogP) is 1.12. The number of anilines is 1. The van der Waals surface area contributed by atoms with Gasteiger partial charge in [0, 0.05) is 11.6 Å². The van der Waals surface area contributed by atoms with Crippen molar-refractivity contribution in [3.05, 3.63) is 53.1 Å². The summed E-state index contributed by atoms with van der Waals surface area (Å²) in [6.07, 6.45) is -0.526. The lowest BCUT2D eigenvalue weighted by Crippen LogP contribution is -2.52. The number of nitrogens with one attached hydrogen (secondary N) is 1. The zero-order valence-corrected chi connectivity index (χ0v) is 19.4. The summed E-state index contributed by atoms with van der Waals surface area (Å²) in [5.74, 6) is -0.733. The topological polar surface area (TPSA) is 122 Å². The SMILES string of the molecule is COc1ccc2c(c1OC)C(=O)N1c3ccccc3C(=O)N(CC(=O)N[C@@H]3CCS(=O)(=O)C3)[C@@H]21. The largest absolute Gasteiger partial charge is 0.493 e. The third kappa shape index (κ3) is 3.38. The first-order valence-electron chi connectivity index (χ1n) is 10.7. The van der Waals surface area contributed by atoms with Crippen molar-refractivity contribution in [3.63, 3.8) is 0 Å². The van der Waals surface area contributed by atoms with E-state index in [9.17, 15) is 22.8 Å². The van der Waals surface area contributed by atoms with Gasteiger partial charge in [-0.05, 0) is 24.6 Å². The molecular weight excluding hydrogens is 462 g/mol. The number of methoxy groups -OCH3 is 2. The van der Waals surface area contributed by atoms with Gasteiger partial charge in [-0.25, -0.2) is 8.42 Å². The van der Waals surface area contributed by atoms with Crippen molar-refractivity contribution in [2.45, 2.75) is 18.6 Å². The predicted molar refractivity (Wildman–Crippen MR) is 122 cm³/mol. The number of carbonyl (C=O) groups excluding carboxylic acids is 3.